The largest absolute Gasteiger partial charge is 0.444 e. The minimum absolute atomic E-state index is 0.571. The summed E-state index contributed by atoms with van der Waals surface area (Å²) in [5.41, 5.74) is 2.13. The molecule has 3 nitrogen and oxygen atoms in total. The molecule has 0 bridgehead atoms. The highest BCUT2D eigenvalue weighted by Crippen LogP contribution is 2.45. The Kier molecular flexibility index (Phi) is 4.00. The van der Waals surface area contributed by atoms with Gasteiger partial charge in [0.05, 0.1) is 12.1 Å². The third-order valence-electron chi connectivity index (χ3n) is 2.57. The molecule has 1 unspecified atom stereocenters. The first-order valence-corrected chi connectivity index (χ1v) is 8.87. The zero-order chi connectivity index (χ0) is 13.2. The summed E-state index contributed by atoms with van der Waals surface area (Å²) in [4.78, 5) is 4.31. The zero-order valence-corrected chi connectivity index (χ0v) is 12.4. The van der Waals surface area contributed by atoms with Gasteiger partial charge in [-0.05, 0) is 55.5 Å². The van der Waals surface area contributed by atoms with Crippen LogP contribution in [0, 0.1) is 6.92 Å². The Balaban J connectivity index is 2.36. The van der Waals surface area contributed by atoms with E-state index < -0.39 is 6.49 Å². The standard InChI is InChI=1S/C13H16NO2PS/c1-4-15-17(3,18)16-11-5-6-13-12(9-11)10(2)7-8-14-13/h5-9H,4H2,1-3H3. The van der Waals surface area contributed by atoms with Gasteiger partial charge >= 0.3 is 0 Å². The van der Waals surface area contributed by atoms with Crippen molar-refractivity contribution in [3.63, 3.8) is 0 Å². The number of aromatic nitrogens is 1. The number of hydrogen-bond acceptors (Lipinski definition) is 4. The molecule has 2 rings (SSSR count). The van der Waals surface area contributed by atoms with Crippen molar-refractivity contribution in [2.24, 2.45) is 0 Å². The Hall–Kier alpha value is -0.960. The lowest BCUT2D eigenvalue weighted by atomic mass is 10.1. The molecule has 1 aromatic heterocycles. The van der Waals surface area contributed by atoms with Crippen LogP contribution >= 0.6 is 6.49 Å². The molecule has 0 N–H and O–H groups in total. The fourth-order valence-corrected chi connectivity index (χ4v) is 3.36. The van der Waals surface area contributed by atoms with Crippen molar-refractivity contribution >= 4 is 29.2 Å². The quantitative estimate of drug-likeness (QED) is 0.795. The molecule has 18 heavy (non-hydrogen) atoms. The van der Waals surface area contributed by atoms with E-state index in [9.17, 15) is 0 Å². The highest BCUT2D eigenvalue weighted by molar-refractivity contribution is 8.09. The second kappa shape index (κ2) is 5.35. The zero-order valence-electron chi connectivity index (χ0n) is 10.7. The smallest absolute Gasteiger partial charge is 0.235 e. The van der Waals surface area contributed by atoms with Crippen LogP contribution in [0.1, 0.15) is 12.5 Å². The van der Waals surface area contributed by atoms with Gasteiger partial charge in [-0.25, -0.2) is 0 Å². The molecule has 0 radical (unpaired) electrons. The molecule has 1 aromatic carbocycles. The third kappa shape index (κ3) is 3.08. The summed E-state index contributed by atoms with van der Waals surface area (Å²) in [7, 11) is 0. The lowest BCUT2D eigenvalue weighted by Crippen LogP contribution is -1.96. The van der Waals surface area contributed by atoms with E-state index in [0.717, 1.165) is 16.7 Å². The Morgan fingerprint density at radius 3 is 2.83 bits per heavy atom. The molecule has 0 saturated carbocycles. The van der Waals surface area contributed by atoms with Crippen molar-refractivity contribution in [2.75, 3.05) is 13.3 Å². The van der Waals surface area contributed by atoms with Crippen LogP contribution in [0.3, 0.4) is 0 Å². The average Bonchev–Trinajstić information content (AvgIpc) is 2.29. The summed E-state index contributed by atoms with van der Waals surface area (Å²) in [6, 6.07) is 7.79. The molecule has 0 aliphatic rings. The Morgan fingerprint density at radius 2 is 2.11 bits per heavy atom. The van der Waals surface area contributed by atoms with E-state index in [4.69, 9.17) is 20.9 Å². The summed E-state index contributed by atoms with van der Waals surface area (Å²) >= 11 is 5.33. The molecule has 0 aliphatic carbocycles. The van der Waals surface area contributed by atoms with Crippen molar-refractivity contribution in [3.05, 3.63) is 36.0 Å². The normalized spacial score (nSPS) is 14.4. The van der Waals surface area contributed by atoms with Crippen LogP contribution < -0.4 is 4.52 Å². The molecular formula is C13H16NO2PS. The Bertz CT molecular complexity index is 615. The number of benzene rings is 1. The number of aryl methyl sites for hydroxylation is 1. The summed E-state index contributed by atoms with van der Waals surface area (Å²) < 4.78 is 11.2. The maximum Gasteiger partial charge on any atom is 0.235 e. The van der Waals surface area contributed by atoms with Gasteiger partial charge in [-0.2, -0.15) is 0 Å². The molecule has 1 atom stereocenters. The minimum Gasteiger partial charge on any atom is -0.444 e. The minimum atomic E-state index is -2.19. The lowest BCUT2D eigenvalue weighted by molar-refractivity contribution is 0.335. The highest BCUT2D eigenvalue weighted by atomic mass is 32.5. The molecule has 2 aromatic rings. The van der Waals surface area contributed by atoms with Gasteiger partial charge < -0.3 is 9.05 Å². The number of rotatable bonds is 4. The second-order valence-electron chi connectivity index (χ2n) is 4.09. The van der Waals surface area contributed by atoms with Gasteiger partial charge in [0.1, 0.15) is 5.75 Å². The van der Waals surface area contributed by atoms with E-state index in [0.29, 0.717) is 6.61 Å². The monoisotopic (exact) mass is 281 g/mol. The van der Waals surface area contributed by atoms with Crippen LogP contribution in [0.5, 0.6) is 5.75 Å². The van der Waals surface area contributed by atoms with Gasteiger partial charge in [0.25, 0.3) is 0 Å². The predicted octanol–water partition coefficient (Wildman–Crippen LogP) is 3.90. The van der Waals surface area contributed by atoms with E-state index in [-0.39, 0.29) is 0 Å². The van der Waals surface area contributed by atoms with E-state index in [1.54, 1.807) is 0 Å². The van der Waals surface area contributed by atoms with Crippen LogP contribution in [-0.2, 0) is 16.3 Å². The van der Waals surface area contributed by atoms with Gasteiger partial charge in [0, 0.05) is 18.2 Å². The van der Waals surface area contributed by atoms with Crippen LogP contribution in [0.25, 0.3) is 10.9 Å². The van der Waals surface area contributed by atoms with Crippen molar-refractivity contribution < 1.29 is 9.05 Å². The van der Waals surface area contributed by atoms with Crippen LogP contribution in [-0.4, -0.2) is 18.3 Å². The van der Waals surface area contributed by atoms with Crippen molar-refractivity contribution in [1.29, 1.82) is 0 Å². The second-order valence-corrected chi connectivity index (χ2v) is 8.06. The molecule has 5 heteroatoms. The van der Waals surface area contributed by atoms with Gasteiger partial charge in [0.2, 0.25) is 6.49 Å². The Morgan fingerprint density at radius 1 is 1.33 bits per heavy atom. The SMILES string of the molecule is CCOP(C)(=S)Oc1ccc2nccc(C)c2c1. The van der Waals surface area contributed by atoms with Crippen molar-refractivity contribution in [3.8, 4) is 5.75 Å². The summed E-state index contributed by atoms with van der Waals surface area (Å²) in [5, 5.41) is 1.08. The molecule has 0 amide bonds. The van der Waals surface area contributed by atoms with Gasteiger partial charge in [0.15, 0.2) is 0 Å². The van der Waals surface area contributed by atoms with E-state index in [1.807, 2.05) is 44.1 Å². The van der Waals surface area contributed by atoms with Crippen LogP contribution in [0.15, 0.2) is 30.5 Å². The molecule has 0 aliphatic heterocycles. The molecule has 0 saturated heterocycles. The number of fused-ring (bicyclic) bond motifs is 1. The summed E-state index contributed by atoms with van der Waals surface area (Å²) in [6.45, 7) is 4.19. The topological polar surface area (TPSA) is 31.4 Å². The highest BCUT2D eigenvalue weighted by Gasteiger charge is 2.12. The molecule has 1 heterocycles. The fourth-order valence-electron chi connectivity index (χ4n) is 1.77. The summed E-state index contributed by atoms with van der Waals surface area (Å²) in [6.07, 6.45) is 1.81. The Labute approximate surface area is 112 Å². The van der Waals surface area contributed by atoms with E-state index in [1.165, 1.54) is 5.56 Å². The van der Waals surface area contributed by atoms with Gasteiger partial charge in [-0.15, -0.1) is 0 Å². The number of nitrogens with zero attached hydrogens (tertiary/aromatic N) is 1. The predicted molar refractivity (Wildman–Crippen MR) is 78.9 cm³/mol. The van der Waals surface area contributed by atoms with Crippen molar-refractivity contribution in [1.82, 2.24) is 4.98 Å². The number of pyridine rings is 1. The fraction of sp³-hybridized carbons (Fsp3) is 0.308. The molecule has 0 fully saturated rings. The number of hydrogen-bond donors (Lipinski definition) is 0. The van der Waals surface area contributed by atoms with Crippen LogP contribution in [0.4, 0.5) is 0 Å². The van der Waals surface area contributed by atoms with Crippen LogP contribution in [0.2, 0.25) is 0 Å². The first kappa shape index (κ1) is 13.5. The first-order chi connectivity index (χ1) is 8.52. The average molecular weight is 281 g/mol. The maximum absolute atomic E-state index is 5.78. The molecular weight excluding hydrogens is 265 g/mol. The maximum atomic E-state index is 5.78. The third-order valence-corrected chi connectivity index (χ3v) is 4.38. The van der Waals surface area contributed by atoms with Gasteiger partial charge in [-0.3, -0.25) is 4.98 Å². The van der Waals surface area contributed by atoms with E-state index >= 15 is 0 Å². The van der Waals surface area contributed by atoms with E-state index in [2.05, 4.69) is 11.9 Å². The first-order valence-electron chi connectivity index (χ1n) is 5.79. The molecule has 0 spiro atoms. The van der Waals surface area contributed by atoms with Crippen molar-refractivity contribution in [2.45, 2.75) is 13.8 Å². The summed E-state index contributed by atoms with van der Waals surface area (Å²) in [5.74, 6) is 0.748. The molecule has 96 valence electrons. The lowest BCUT2D eigenvalue weighted by Gasteiger charge is -2.18. The van der Waals surface area contributed by atoms with Gasteiger partial charge in [-0.1, -0.05) is 0 Å².